The molecule has 3 rings (SSSR count). The van der Waals surface area contributed by atoms with E-state index in [0.717, 1.165) is 18.1 Å². The molecule has 1 aromatic heterocycles. The zero-order valence-corrected chi connectivity index (χ0v) is 12.3. The number of aliphatic hydroxyl groups is 1. The van der Waals surface area contributed by atoms with E-state index >= 15 is 0 Å². The minimum Gasteiger partial charge on any atom is -0.395 e. The molecule has 1 amide bonds. The maximum absolute atomic E-state index is 12.0. The van der Waals surface area contributed by atoms with Crippen LogP contribution in [-0.2, 0) is 12.8 Å². The third kappa shape index (κ3) is 3.24. The number of furan rings is 1. The second kappa shape index (κ2) is 5.85. The Balaban J connectivity index is 1.63. The Hall–Kier alpha value is -2.67. The van der Waals surface area contributed by atoms with E-state index in [1.807, 2.05) is 24.3 Å². The lowest BCUT2D eigenvalue weighted by molar-refractivity contribution is -0.402. The van der Waals surface area contributed by atoms with Crippen molar-refractivity contribution in [1.29, 1.82) is 0 Å². The average Bonchev–Trinajstić information content (AvgIpc) is 3.03. The second-order valence-corrected chi connectivity index (χ2v) is 5.75. The fraction of sp³-hybridized carbons (Fsp3) is 0.312. The number of amides is 1. The lowest BCUT2D eigenvalue weighted by Crippen LogP contribution is -2.46. The summed E-state index contributed by atoms with van der Waals surface area (Å²) < 4.78 is 4.84. The van der Waals surface area contributed by atoms with Crippen LogP contribution < -0.4 is 5.32 Å². The summed E-state index contributed by atoms with van der Waals surface area (Å²) in [5, 5.41) is 23.8. The number of nitrogens with zero attached hydrogens (tertiary/aromatic N) is 1. The van der Waals surface area contributed by atoms with Gasteiger partial charge in [-0.2, -0.15) is 0 Å². The third-order valence-corrected chi connectivity index (χ3v) is 4.07. The van der Waals surface area contributed by atoms with Gasteiger partial charge in [-0.3, -0.25) is 14.9 Å². The summed E-state index contributed by atoms with van der Waals surface area (Å²) in [6.45, 7) is 0.0642. The average molecular weight is 316 g/mol. The predicted molar refractivity (Wildman–Crippen MR) is 81.1 cm³/mol. The highest BCUT2D eigenvalue weighted by molar-refractivity contribution is 5.91. The molecule has 1 aromatic carbocycles. The van der Waals surface area contributed by atoms with E-state index < -0.39 is 22.3 Å². The molecule has 0 radical (unpaired) electrons. The number of nitrogens with one attached hydrogen (secondary N) is 1. The zero-order valence-electron chi connectivity index (χ0n) is 12.3. The lowest BCUT2D eigenvalue weighted by atomic mass is 9.80. The van der Waals surface area contributed by atoms with Crippen molar-refractivity contribution >= 4 is 11.8 Å². The van der Waals surface area contributed by atoms with E-state index in [0.29, 0.717) is 12.8 Å². The summed E-state index contributed by atoms with van der Waals surface area (Å²) in [4.78, 5) is 21.8. The molecule has 0 aliphatic heterocycles. The molecule has 1 aliphatic carbocycles. The first kappa shape index (κ1) is 15.2. The Morgan fingerprint density at radius 2 is 2.04 bits per heavy atom. The highest BCUT2D eigenvalue weighted by Crippen LogP contribution is 2.28. The van der Waals surface area contributed by atoms with Crippen LogP contribution in [0.15, 0.2) is 40.8 Å². The van der Waals surface area contributed by atoms with Crippen LogP contribution in [0, 0.1) is 10.1 Å². The van der Waals surface area contributed by atoms with E-state index in [-0.39, 0.29) is 12.3 Å². The first-order valence-corrected chi connectivity index (χ1v) is 7.28. The van der Waals surface area contributed by atoms with E-state index in [1.165, 1.54) is 11.6 Å². The maximum atomic E-state index is 12.0. The van der Waals surface area contributed by atoms with Gasteiger partial charge < -0.3 is 14.8 Å². The molecule has 0 bridgehead atoms. The van der Waals surface area contributed by atoms with Gasteiger partial charge in [-0.1, -0.05) is 24.3 Å². The Morgan fingerprint density at radius 3 is 2.74 bits per heavy atom. The fourth-order valence-electron chi connectivity index (χ4n) is 2.81. The molecule has 120 valence electrons. The summed E-state index contributed by atoms with van der Waals surface area (Å²) in [7, 11) is 0. The molecule has 0 saturated carbocycles. The Labute approximate surface area is 132 Å². The van der Waals surface area contributed by atoms with Crippen LogP contribution in [0.2, 0.25) is 0 Å². The van der Waals surface area contributed by atoms with Crippen LogP contribution in [0.1, 0.15) is 28.1 Å². The summed E-state index contributed by atoms with van der Waals surface area (Å²) >= 11 is 0. The number of carbonyl (C=O) groups excluding carboxylic acids is 1. The van der Waals surface area contributed by atoms with Crippen LogP contribution in [0.4, 0.5) is 5.88 Å². The quantitative estimate of drug-likeness (QED) is 0.661. The number of nitro groups is 1. The monoisotopic (exact) mass is 316 g/mol. The minimum atomic E-state index is -1.03. The Morgan fingerprint density at radius 1 is 1.30 bits per heavy atom. The van der Waals surface area contributed by atoms with E-state index in [4.69, 9.17) is 4.42 Å². The SMILES string of the molecule is O=C(NCC1(O)CCc2ccccc2C1)c1ccc([N+](=O)[O-])o1. The van der Waals surface area contributed by atoms with Gasteiger partial charge in [0, 0.05) is 13.0 Å². The summed E-state index contributed by atoms with van der Waals surface area (Å²) in [5.74, 6) is -1.21. The van der Waals surface area contributed by atoms with Gasteiger partial charge in [0.15, 0.2) is 5.76 Å². The number of rotatable bonds is 4. The molecule has 1 aliphatic rings. The number of hydrogen-bond acceptors (Lipinski definition) is 5. The minimum absolute atomic E-state index is 0.0642. The summed E-state index contributed by atoms with van der Waals surface area (Å²) in [6.07, 6.45) is 1.75. The normalized spacial score (nSPS) is 19.9. The van der Waals surface area contributed by atoms with Crippen molar-refractivity contribution in [2.75, 3.05) is 6.54 Å². The third-order valence-electron chi connectivity index (χ3n) is 4.07. The lowest BCUT2D eigenvalue weighted by Gasteiger charge is -2.33. The molecule has 1 atom stereocenters. The molecule has 7 heteroatoms. The highest BCUT2D eigenvalue weighted by Gasteiger charge is 2.32. The molecule has 2 aromatic rings. The van der Waals surface area contributed by atoms with Crippen molar-refractivity contribution in [3.63, 3.8) is 0 Å². The molecule has 23 heavy (non-hydrogen) atoms. The number of carbonyl (C=O) groups is 1. The molecule has 0 spiro atoms. The van der Waals surface area contributed by atoms with Crippen LogP contribution in [-0.4, -0.2) is 28.1 Å². The van der Waals surface area contributed by atoms with Gasteiger partial charge in [0.2, 0.25) is 0 Å². The maximum Gasteiger partial charge on any atom is 0.433 e. The van der Waals surface area contributed by atoms with E-state index in [9.17, 15) is 20.0 Å². The summed E-state index contributed by atoms with van der Waals surface area (Å²) in [5.41, 5.74) is 1.26. The van der Waals surface area contributed by atoms with Crippen molar-refractivity contribution < 1.29 is 19.2 Å². The van der Waals surface area contributed by atoms with Gasteiger partial charge in [0.05, 0.1) is 11.7 Å². The van der Waals surface area contributed by atoms with Gasteiger partial charge in [0.25, 0.3) is 5.91 Å². The van der Waals surface area contributed by atoms with Crippen molar-refractivity contribution in [2.45, 2.75) is 24.9 Å². The zero-order chi connectivity index (χ0) is 16.4. The van der Waals surface area contributed by atoms with Crippen molar-refractivity contribution in [3.8, 4) is 0 Å². The second-order valence-electron chi connectivity index (χ2n) is 5.75. The Bertz CT molecular complexity index is 754. The van der Waals surface area contributed by atoms with Gasteiger partial charge >= 0.3 is 5.88 Å². The van der Waals surface area contributed by atoms with E-state index in [2.05, 4.69) is 5.32 Å². The topological polar surface area (TPSA) is 106 Å². The van der Waals surface area contributed by atoms with Crippen molar-refractivity contribution in [1.82, 2.24) is 5.32 Å². The molecule has 7 nitrogen and oxygen atoms in total. The first-order chi connectivity index (χ1) is 11.0. The molecule has 1 unspecified atom stereocenters. The molecule has 0 saturated heterocycles. The number of aryl methyl sites for hydroxylation is 1. The smallest absolute Gasteiger partial charge is 0.395 e. The van der Waals surface area contributed by atoms with Crippen molar-refractivity contribution in [2.24, 2.45) is 0 Å². The number of fused-ring (bicyclic) bond motifs is 1. The van der Waals surface area contributed by atoms with Gasteiger partial charge in [-0.05, 0) is 30.0 Å². The molecule has 1 heterocycles. The van der Waals surface area contributed by atoms with Gasteiger partial charge in [-0.25, -0.2) is 0 Å². The Kier molecular flexibility index (Phi) is 3.87. The largest absolute Gasteiger partial charge is 0.433 e. The van der Waals surface area contributed by atoms with Crippen LogP contribution >= 0.6 is 0 Å². The van der Waals surface area contributed by atoms with Crippen LogP contribution in [0.3, 0.4) is 0 Å². The molecular formula is C16H16N2O5. The molecule has 0 fully saturated rings. The number of hydrogen-bond donors (Lipinski definition) is 2. The fourth-order valence-corrected chi connectivity index (χ4v) is 2.81. The van der Waals surface area contributed by atoms with Crippen molar-refractivity contribution in [3.05, 3.63) is 63.4 Å². The van der Waals surface area contributed by atoms with Crippen LogP contribution in [0.5, 0.6) is 0 Å². The standard InChI is InChI=1S/C16H16N2O5/c19-15(13-5-6-14(23-13)18(21)22)17-10-16(20)8-7-11-3-1-2-4-12(11)9-16/h1-6,20H,7-10H2,(H,17,19). The van der Waals surface area contributed by atoms with Gasteiger partial charge in [0.1, 0.15) is 4.92 Å². The first-order valence-electron chi connectivity index (χ1n) is 7.28. The molecular weight excluding hydrogens is 300 g/mol. The predicted octanol–water partition coefficient (Wildman–Crippen LogP) is 1.84. The highest BCUT2D eigenvalue weighted by atomic mass is 16.6. The summed E-state index contributed by atoms with van der Waals surface area (Å²) in [6, 6.07) is 10.3. The molecule has 2 N–H and O–H groups in total. The van der Waals surface area contributed by atoms with Crippen LogP contribution in [0.25, 0.3) is 0 Å². The van der Waals surface area contributed by atoms with E-state index in [1.54, 1.807) is 0 Å². The van der Waals surface area contributed by atoms with Gasteiger partial charge in [-0.15, -0.1) is 0 Å². The number of benzene rings is 1.